The van der Waals surface area contributed by atoms with Crippen molar-refractivity contribution in [1.82, 2.24) is 9.78 Å². The average molecular weight is 436 g/mol. The fourth-order valence-corrected chi connectivity index (χ4v) is 3.89. The van der Waals surface area contributed by atoms with Gasteiger partial charge in [-0.1, -0.05) is 0 Å². The van der Waals surface area contributed by atoms with Crippen LogP contribution in [0.3, 0.4) is 0 Å². The first-order valence-corrected chi connectivity index (χ1v) is 8.86. The maximum atomic E-state index is 6.16. The molecule has 0 saturated carbocycles. The first-order valence-electron chi connectivity index (χ1n) is 7.78. The summed E-state index contributed by atoms with van der Waals surface area (Å²) in [6.07, 6.45) is 0.879. The van der Waals surface area contributed by atoms with Gasteiger partial charge in [0.2, 0.25) is 0 Å². The van der Waals surface area contributed by atoms with E-state index in [1.807, 2.05) is 44.6 Å². The summed E-state index contributed by atoms with van der Waals surface area (Å²) in [6.45, 7) is 8.09. The standard InChI is InChI=1S/C15H21IN2O5/c1-14(2)19-7-8(21-14)11-10(18-6-5-9(16)17-18)12-13(20-11)23-15(3,4)22-12/h5-6,8,10-13H,7H2,1-4H3/t8-,10+,11+,12-,13-/m1/s1. The van der Waals surface area contributed by atoms with E-state index in [0.717, 1.165) is 3.70 Å². The monoisotopic (exact) mass is 436 g/mol. The van der Waals surface area contributed by atoms with Gasteiger partial charge in [0.15, 0.2) is 17.9 Å². The predicted octanol–water partition coefficient (Wildman–Crippen LogP) is 2.06. The SMILES string of the molecule is CC1(C)O[C@H]2O[C@@H]([C@H]3COC(C)(C)O3)[C@H](n3ccc(I)n3)[C@H]2O1. The highest BCUT2D eigenvalue weighted by Gasteiger charge is 2.59. The Bertz CT molecular complexity index is 604. The van der Waals surface area contributed by atoms with Crippen LogP contribution in [0, 0.1) is 3.70 Å². The zero-order valence-electron chi connectivity index (χ0n) is 13.6. The smallest absolute Gasteiger partial charge is 0.189 e. The minimum atomic E-state index is -0.662. The second kappa shape index (κ2) is 5.37. The molecular weight excluding hydrogens is 415 g/mol. The Morgan fingerprint density at radius 1 is 1.13 bits per heavy atom. The molecule has 0 spiro atoms. The number of hydrogen-bond acceptors (Lipinski definition) is 6. The van der Waals surface area contributed by atoms with Gasteiger partial charge < -0.3 is 23.7 Å². The summed E-state index contributed by atoms with van der Waals surface area (Å²) in [6, 6.07) is 1.84. The number of halogens is 1. The van der Waals surface area contributed by atoms with Gasteiger partial charge in [0.1, 0.15) is 28.1 Å². The van der Waals surface area contributed by atoms with Crippen molar-refractivity contribution in [3.8, 4) is 0 Å². The molecule has 0 bridgehead atoms. The molecule has 7 nitrogen and oxygen atoms in total. The zero-order chi connectivity index (χ0) is 16.4. The summed E-state index contributed by atoms with van der Waals surface area (Å²) in [5.74, 6) is -1.26. The molecule has 3 saturated heterocycles. The molecule has 4 rings (SSSR count). The summed E-state index contributed by atoms with van der Waals surface area (Å²) in [4.78, 5) is 0. The molecule has 0 radical (unpaired) electrons. The zero-order valence-corrected chi connectivity index (χ0v) is 15.7. The van der Waals surface area contributed by atoms with Crippen molar-refractivity contribution in [2.24, 2.45) is 0 Å². The summed E-state index contributed by atoms with van der Waals surface area (Å²) in [7, 11) is 0. The van der Waals surface area contributed by atoms with E-state index in [1.165, 1.54) is 0 Å². The van der Waals surface area contributed by atoms with Gasteiger partial charge in [-0.15, -0.1) is 0 Å². The normalized spacial score (nSPS) is 41.3. The molecule has 1 aromatic rings. The van der Waals surface area contributed by atoms with Crippen LogP contribution in [0.5, 0.6) is 0 Å². The number of ether oxygens (including phenoxy) is 5. The number of nitrogens with zero attached hydrogens (tertiary/aromatic N) is 2. The predicted molar refractivity (Wildman–Crippen MR) is 87.6 cm³/mol. The van der Waals surface area contributed by atoms with Crippen LogP contribution in [0.25, 0.3) is 0 Å². The average Bonchev–Trinajstić information content (AvgIpc) is 3.12. The van der Waals surface area contributed by atoms with E-state index in [-0.39, 0.29) is 24.4 Å². The topological polar surface area (TPSA) is 64.0 Å². The highest BCUT2D eigenvalue weighted by atomic mass is 127. The van der Waals surface area contributed by atoms with Crippen molar-refractivity contribution in [3.63, 3.8) is 0 Å². The fraction of sp³-hybridized carbons (Fsp3) is 0.800. The fourth-order valence-electron chi connectivity index (χ4n) is 3.48. The van der Waals surface area contributed by atoms with Crippen LogP contribution in [0.15, 0.2) is 12.3 Å². The largest absolute Gasteiger partial charge is 0.348 e. The molecule has 0 amide bonds. The van der Waals surface area contributed by atoms with Crippen LogP contribution < -0.4 is 0 Å². The molecule has 0 aromatic carbocycles. The first kappa shape index (κ1) is 16.2. The van der Waals surface area contributed by atoms with E-state index in [9.17, 15) is 0 Å². The van der Waals surface area contributed by atoms with Crippen molar-refractivity contribution in [2.75, 3.05) is 6.61 Å². The van der Waals surface area contributed by atoms with Gasteiger partial charge in [-0.2, -0.15) is 5.10 Å². The number of fused-ring (bicyclic) bond motifs is 1. The van der Waals surface area contributed by atoms with Gasteiger partial charge in [0.05, 0.1) is 6.61 Å². The molecule has 4 heterocycles. The van der Waals surface area contributed by atoms with Crippen LogP contribution in [0.4, 0.5) is 0 Å². The van der Waals surface area contributed by atoms with Crippen LogP contribution in [0.2, 0.25) is 0 Å². The molecule has 128 valence electrons. The summed E-state index contributed by atoms with van der Waals surface area (Å²) in [5.41, 5.74) is 0. The lowest BCUT2D eigenvalue weighted by Crippen LogP contribution is -2.40. The van der Waals surface area contributed by atoms with E-state index in [1.54, 1.807) is 0 Å². The van der Waals surface area contributed by atoms with Crippen molar-refractivity contribution in [2.45, 2.75) is 69.9 Å². The third kappa shape index (κ3) is 2.93. The minimum absolute atomic E-state index is 0.118. The molecule has 8 heteroatoms. The van der Waals surface area contributed by atoms with Crippen molar-refractivity contribution >= 4 is 22.6 Å². The Kier molecular flexibility index (Phi) is 3.79. The molecule has 0 unspecified atom stereocenters. The molecule has 0 N–H and O–H groups in total. The van der Waals surface area contributed by atoms with E-state index < -0.39 is 17.9 Å². The van der Waals surface area contributed by atoms with Crippen LogP contribution in [-0.2, 0) is 23.7 Å². The van der Waals surface area contributed by atoms with Gasteiger partial charge in [0.25, 0.3) is 0 Å². The molecule has 3 fully saturated rings. The van der Waals surface area contributed by atoms with Crippen molar-refractivity contribution in [3.05, 3.63) is 16.0 Å². The second-order valence-corrected chi connectivity index (χ2v) is 8.15. The number of aromatic nitrogens is 2. The third-order valence-electron chi connectivity index (χ3n) is 4.33. The molecule has 1 aromatic heterocycles. The lowest BCUT2D eigenvalue weighted by Gasteiger charge is -2.29. The van der Waals surface area contributed by atoms with Gasteiger partial charge >= 0.3 is 0 Å². The number of hydrogen-bond donors (Lipinski definition) is 0. The minimum Gasteiger partial charge on any atom is -0.348 e. The van der Waals surface area contributed by atoms with Crippen LogP contribution in [-0.4, -0.2) is 52.6 Å². The Morgan fingerprint density at radius 2 is 1.91 bits per heavy atom. The maximum Gasteiger partial charge on any atom is 0.189 e. The Hall–Kier alpha value is -0.260. The van der Waals surface area contributed by atoms with E-state index in [2.05, 4.69) is 27.7 Å². The Labute approximate surface area is 148 Å². The quantitative estimate of drug-likeness (QED) is 0.662. The van der Waals surface area contributed by atoms with E-state index >= 15 is 0 Å². The van der Waals surface area contributed by atoms with Gasteiger partial charge in [-0.25, -0.2) is 0 Å². The summed E-state index contributed by atoms with van der Waals surface area (Å²) in [5, 5.41) is 4.55. The lowest BCUT2D eigenvalue weighted by molar-refractivity contribution is -0.226. The van der Waals surface area contributed by atoms with Gasteiger partial charge in [0, 0.05) is 6.20 Å². The summed E-state index contributed by atoms with van der Waals surface area (Å²) >= 11 is 2.19. The molecule has 3 aliphatic heterocycles. The summed E-state index contributed by atoms with van der Waals surface area (Å²) < 4.78 is 32.7. The molecule has 23 heavy (non-hydrogen) atoms. The van der Waals surface area contributed by atoms with Crippen LogP contribution >= 0.6 is 22.6 Å². The first-order chi connectivity index (χ1) is 10.7. The highest BCUT2D eigenvalue weighted by molar-refractivity contribution is 14.1. The van der Waals surface area contributed by atoms with Crippen molar-refractivity contribution in [1.29, 1.82) is 0 Å². The third-order valence-corrected chi connectivity index (χ3v) is 4.91. The Balaban J connectivity index is 1.64. The van der Waals surface area contributed by atoms with Crippen LogP contribution in [0.1, 0.15) is 33.7 Å². The van der Waals surface area contributed by atoms with E-state index in [0.29, 0.717) is 6.61 Å². The number of rotatable bonds is 2. The van der Waals surface area contributed by atoms with Gasteiger partial charge in [-0.3, -0.25) is 4.68 Å². The second-order valence-electron chi connectivity index (χ2n) is 7.05. The molecule has 0 aliphatic carbocycles. The Morgan fingerprint density at radius 3 is 2.52 bits per heavy atom. The highest BCUT2D eigenvalue weighted by Crippen LogP contribution is 2.45. The van der Waals surface area contributed by atoms with Gasteiger partial charge in [-0.05, 0) is 56.4 Å². The van der Waals surface area contributed by atoms with E-state index in [4.69, 9.17) is 23.7 Å². The maximum absolute atomic E-state index is 6.16. The lowest BCUT2D eigenvalue weighted by atomic mass is 10.0. The van der Waals surface area contributed by atoms with Crippen molar-refractivity contribution < 1.29 is 23.7 Å². The molecule has 5 atom stereocenters. The molecular formula is C15H21IN2O5. The molecule has 3 aliphatic rings.